The first kappa shape index (κ1) is 127. The van der Waals surface area contributed by atoms with Crippen LogP contribution in [0.1, 0.15) is 255 Å². The number of alkyl carbamates (subject to hydrolysis) is 2. The zero-order valence-corrected chi connectivity index (χ0v) is 92.5. The van der Waals surface area contributed by atoms with Crippen molar-refractivity contribution in [3.63, 3.8) is 0 Å². The number of halogens is 5. The second kappa shape index (κ2) is 62.1. The number of benzene rings is 4. The standard InChI is InChI=1S/C41H50N4O7.C29H34N4O4.C13H21NO4.C11H17NO4.C11H19NO3.C2H3ClO.2CH2Cl2.Li.H2O/c1-26(2)38(43-40(50)51-4)39(49)44-21-5-6-34(44)33-24-32(25-42-33)30-9-7-28(8-10-30)29-11-13-31(14-12-29)36(47)15-16-37(48)35-17-18-41(45(35)27(3)46)19-22-52-23-20-41;1-18(2)27(32-29(36)37-3)28(35)33-14-4-5-25(33)24-15-23(17-31-24)21-8-6-19(7-9-21)20-10-12-22(13-11-20)26(34)16-30;1-3-18-12(16)11-4-5-13(14(11)10(2)15)6-8-17-9-7-13;1-8(13)12-9(10(14)15)2-3-11(12)4-6-16-7-5-11;1-2-15-10(13)9-3-4-11(12-9)5-7-14-8-6-11;1-2(3)4;2*2-1-3;;/h7-14,25-26,34-35,38H,5-6,15-24H2,1-4H3,(H,43,50);6-13,17-18,25,27H,4-5,14-16,30H2,1-3H3,(H,32,36);11H,3-9H2,1-2H3;9H,2-7H2,1H3,(H,14,15);9,12H,2-8H2,1H3;1H3;2*1H2;;1H2/q;;;;;;;;+1;/p-1/t34-,35?,38-;25-,27-;;;;;;;;/m00......../s1. The summed E-state index contributed by atoms with van der Waals surface area (Å²) in [5.41, 5.74) is 16.4. The Bertz CT molecular complexity index is 5300. The molecule has 0 aliphatic carbocycles. The van der Waals surface area contributed by atoms with Crippen LogP contribution < -0.4 is 40.5 Å². The van der Waals surface area contributed by atoms with E-state index in [1.807, 2.05) is 105 Å². The van der Waals surface area contributed by atoms with Gasteiger partial charge in [0.15, 0.2) is 17.3 Å². The van der Waals surface area contributed by atoms with Crippen LogP contribution in [0.25, 0.3) is 33.4 Å². The Balaban J connectivity index is 0.000000268. The average Bonchev–Trinajstić information content (AvgIpc) is 1.62. The number of likely N-dealkylation sites (tertiary alicyclic amines) is 5. The smallest absolute Gasteiger partial charge is 0.870 e. The number of carbonyl (C=O) groups excluding carboxylic acids is 13. The normalized spacial score (nSPS) is 21.4. The number of hydrogen-bond donors (Lipinski definition) is 5. The number of carboxylic acids is 1. The van der Waals surface area contributed by atoms with Gasteiger partial charge in [-0.3, -0.25) is 63.2 Å². The van der Waals surface area contributed by atoms with E-state index in [0.717, 1.165) is 178 Å². The quantitative estimate of drug-likeness (QED) is 0.0109. The van der Waals surface area contributed by atoms with Gasteiger partial charge in [-0.1, -0.05) is 125 Å². The van der Waals surface area contributed by atoms with Gasteiger partial charge in [-0.25, -0.2) is 19.2 Å². The molecule has 4 aromatic carbocycles. The Kier molecular flexibility index (Phi) is 52.7. The van der Waals surface area contributed by atoms with Crippen molar-refractivity contribution in [2.24, 2.45) is 27.6 Å². The third-order valence-corrected chi connectivity index (χ3v) is 29.5. The molecule has 820 valence electrons. The van der Waals surface area contributed by atoms with E-state index >= 15 is 0 Å². The van der Waals surface area contributed by atoms with Crippen LogP contribution >= 0.6 is 58.0 Å². The summed E-state index contributed by atoms with van der Waals surface area (Å²) in [5, 5.41) is 18.0. The molecule has 41 heteroatoms. The summed E-state index contributed by atoms with van der Waals surface area (Å²) in [6.45, 7) is 24.6. The molecule has 4 unspecified atom stereocenters. The number of esters is 2. The van der Waals surface area contributed by atoms with E-state index in [4.69, 9.17) is 105 Å². The summed E-state index contributed by atoms with van der Waals surface area (Å²) in [5.74, 6) is -2.07. The number of allylic oxidation sites excluding steroid dienone is 2. The Morgan fingerprint density at radius 1 is 0.460 bits per heavy atom. The number of nitrogens with two attached hydrogens (primary N) is 1. The number of ether oxygens (including phenoxy) is 8. The first-order valence-electron chi connectivity index (χ1n) is 51.3. The number of Topliss-reactive ketones (excluding diaryl/α,β-unsaturated/α-hetero) is 3. The van der Waals surface area contributed by atoms with E-state index in [2.05, 4.69) is 63.9 Å². The third-order valence-electron chi connectivity index (χ3n) is 29.5. The Labute approximate surface area is 917 Å². The van der Waals surface area contributed by atoms with Crippen LogP contribution in [0.5, 0.6) is 0 Å². The van der Waals surface area contributed by atoms with Gasteiger partial charge in [-0.15, -0.1) is 46.4 Å². The Morgan fingerprint density at radius 3 is 1.13 bits per heavy atom. The molecule has 7 amide bonds. The molecule has 7 N–H and O–H groups in total. The number of aliphatic imine (C=N–C) groups is 2. The zero-order valence-electron chi connectivity index (χ0n) is 88.7. The van der Waals surface area contributed by atoms with Gasteiger partial charge >= 0.3 is 49.0 Å². The predicted octanol–water partition coefficient (Wildman–Crippen LogP) is 13.1. The van der Waals surface area contributed by atoms with Crippen molar-refractivity contribution in [3.8, 4) is 22.3 Å². The number of carboxylic acid groups (broad SMARTS) is 1. The van der Waals surface area contributed by atoms with Gasteiger partial charge in [-0.2, -0.15) is 0 Å². The van der Waals surface area contributed by atoms with Crippen LogP contribution in [0.4, 0.5) is 9.59 Å². The van der Waals surface area contributed by atoms with Crippen molar-refractivity contribution in [1.82, 2.24) is 40.4 Å². The van der Waals surface area contributed by atoms with E-state index in [9.17, 15) is 67.1 Å². The van der Waals surface area contributed by atoms with Crippen LogP contribution in [0.3, 0.4) is 0 Å². The molecule has 0 radical (unpaired) electrons. The molecule has 12 heterocycles. The number of amides is 7. The van der Waals surface area contributed by atoms with Gasteiger partial charge in [0.05, 0.1) is 62.8 Å². The number of aliphatic carboxylic acids is 1. The number of rotatable bonds is 24. The molecule has 4 spiro atoms. The minimum Gasteiger partial charge on any atom is -0.870 e. The Morgan fingerprint density at radius 2 is 0.787 bits per heavy atom. The summed E-state index contributed by atoms with van der Waals surface area (Å²) in [6.07, 6.45) is 20.6. The van der Waals surface area contributed by atoms with Crippen molar-refractivity contribution >= 4 is 163 Å². The molecule has 8 atom stereocenters. The van der Waals surface area contributed by atoms with Crippen molar-refractivity contribution in [1.29, 1.82) is 0 Å². The Hall–Kier alpha value is -9.55. The van der Waals surface area contributed by atoms with Gasteiger partial charge in [0.2, 0.25) is 34.8 Å². The molecule has 4 aromatic rings. The minimum absolute atomic E-state index is 0. The van der Waals surface area contributed by atoms with Crippen molar-refractivity contribution in [3.05, 3.63) is 132 Å². The van der Waals surface area contributed by atoms with Crippen LogP contribution in [0.2, 0.25) is 0 Å². The molecular formula is C109H149Cl5LiN11O24. The second-order valence-corrected chi connectivity index (χ2v) is 41.5. The van der Waals surface area contributed by atoms with Gasteiger partial charge in [0, 0.05) is 176 Å². The molecule has 12 aliphatic rings. The van der Waals surface area contributed by atoms with E-state index in [1.54, 1.807) is 33.8 Å². The maximum Gasteiger partial charge on any atom is 1.00 e. The number of ketones is 3. The van der Waals surface area contributed by atoms with E-state index < -0.39 is 48.4 Å². The number of hydrogen-bond acceptors (Lipinski definition) is 27. The molecule has 10 fully saturated rings. The first-order chi connectivity index (χ1) is 70.8. The zero-order chi connectivity index (χ0) is 108. The van der Waals surface area contributed by atoms with E-state index in [-0.39, 0.29) is 171 Å². The fourth-order valence-electron chi connectivity index (χ4n) is 22.1. The monoisotopic (exact) mass is 2180 g/mol. The maximum absolute atomic E-state index is 13.5. The van der Waals surface area contributed by atoms with Crippen molar-refractivity contribution in [2.75, 3.05) is 111 Å². The number of methoxy groups -OCH3 is 2. The van der Waals surface area contributed by atoms with Gasteiger partial charge in [0.1, 0.15) is 30.2 Å². The van der Waals surface area contributed by atoms with Crippen LogP contribution in [0.15, 0.2) is 119 Å². The van der Waals surface area contributed by atoms with Crippen LogP contribution in [-0.2, 0) is 85.8 Å². The van der Waals surface area contributed by atoms with E-state index in [0.29, 0.717) is 109 Å². The summed E-state index contributed by atoms with van der Waals surface area (Å²) < 4.78 is 41.1. The van der Waals surface area contributed by atoms with Gasteiger partial charge in [-0.05, 0) is 210 Å². The molecule has 0 aromatic heterocycles. The van der Waals surface area contributed by atoms with Crippen molar-refractivity contribution in [2.45, 2.75) is 294 Å². The molecule has 0 saturated carbocycles. The van der Waals surface area contributed by atoms with Crippen molar-refractivity contribution < 1.29 is 134 Å². The maximum atomic E-state index is 13.5. The fourth-order valence-corrected chi connectivity index (χ4v) is 22.1. The molecule has 150 heavy (non-hydrogen) atoms. The molecule has 10 saturated heterocycles. The second-order valence-electron chi connectivity index (χ2n) is 39.3. The number of carbonyl (C=O) groups is 14. The minimum atomic E-state index is -0.890. The molecule has 12 aliphatic heterocycles. The van der Waals surface area contributed by atoms with Crippen LogP contribution in [-0.4, -0.2) is 310 Å². The number of nitrogens with one attached hydrogen (secondary N) is 3. The summed E-state index contributed by atoms with van der Waals surface area (Å²) in [6, 6.07) is 28.3. The largest absolute Gasteiger partial charge is 1.00 e. The molecule has 16 rings (SSSR count). The fraction of sp³-hybridized carbons (Fsp3) is 0.596. The molecule has 35 nitrogen and oxygen atoms in total. The third kappa shape index (κ3) is 34.2. The molecular weight excluding hydrogens is 2030 g/mol. The SMILES string of the molecule is CC(=O)Cl.CC(=O)N1C(C(=O)O)CCC12CCOCC2.CCOC(=O)C1CCC2(CCOCC2)N1.CCOC(=O)C1CCC2(CCOCC2)N1C(C)=O.COC(=O)N[C@H](C(=O)N1CCC[C@H]1C1=NC=C(c2ccc(-c3ccc(C(=O)CCC(=O)C4CCC5(CCOCC5)N4C(C)=O)cc3)cc2)C1)C(C)C.COC(=O)N[C@H](C(=O)N1CCC[C@H]1C1=NC=C(c2ccc(-c3ccc(C(=O)CN)cc3)cc2)C1)C(C)C.ClCCl.ClCCl.[Li+].[OH-]. The molecule has 0 bridgehead atoms. The number of alkyl halides is 4. The topological polar surface area (TPSA) is 466 Å². The van der Waals surface area contributed by atoms with Crippen LogP contribution in [0, 0.1) is 11.8 Å². The number of nitrogens with zero attached hydrogens (tertiary/aromatic N) is 7. The summed E-state index contributed by atoms with van der Waals surface area (Å²) in [4.78, 5) is 187. The predicted molar refractivity (Wildman–Crippen MR) is 570 cm³/mol. The van der Waals surface area contributed by atoms with Gasteiger partial charge < -0.3 is 89.3 Å². The van der Waals surface area contributed by atoms with Gasteiger partial charge in [0.25, 0.3) is 0 Å². The first-order valence-corrected chi connectivity index (χ1v) is 53.8. The van der Waals surface area contributed by atoms with E-state index in [1.165, 1.54) is 41.9 Å². The summed E-state index contributed by atoms with van der Waals surface area (Å²) in [7, 11) is 2.59. The average molecular weight is 2180 g/mol. The summed E-state index contributed by atoms with van der Waals surface area (Å²) >= 11 is 23.7.